The summed E-state index contributed by atoms with van der Waals surface area (Å²) in [4.78, 5) is 4.07. The Balaban J connectivity index is 3.00. The van der Waals surface area contributed by atoms with E-state index in [4.69, 9.17) is 4.74 Å². The lowest BCUT2D eigenvalue weighted by Gasteiger charge is -2.19. The summed E-state index contributed by atoms with van der Waals surface area (Å²) in [6, 6.07) is 0. The van der Waals surface area contributed by atoms with Gasteiger partial charge in [0.2, 0.25) is 0 Å². The summed E-state index contributed by atoms with van der Waals surface area (Å²) < 4.78 is 32.7. The van der Waals surface area contributed by atoms with E-state index in [1.807, 2.05) is 0 Å². The van der Waals surface area contributed by atoms with E-state index in [2.05, 4.69) is 20.9 Å². The van der Waals surface area contributed by atoms with Crippen LogP contribution in [0, 0.1) is 6.92 Å². The molecule has 1 aromatic rings. The van der Waals surface area contributed by atoms with Crippen LogP contribution in [0.15, 0.2) is 11.2 Å². The van der Waals surface area contributed by atoms with Gasteiger partial charge in [-0.2, -0.15) is 4.31 Å². The number of halogens is 1. The first-order valence-corrected chi connectivity index (χ1v) is 8.04. The molecule has 0 unspecified atom stereocenters. The number of hydrogen-bond acceptors (Lipinski definition) is 4. The average molecular weight is 340 g/mol. The lowest BCUT2D eigenvalue weighted by Crippen LogP contribution is -2.35. The van der Waals surface area contributed by atoms with Crippen LogP contribution in [0.5, 0.6) is 0 Å². The van der Waals surface area contributed by atoms with E-state index < -0.39 is 10.0 Å². The quantitative estimate of drug-likeness (QED) is 0.688. The fraction of sp³-hybridized carbons (Fsp3) is 0.700. The highest BCUT2D eigenvalue weighted by atomic mass is 79.9. The summed E-state index contributed by atoms with van der Waals surface area (Å²) in [5.74, 6) is 0.666. The Morgan fingerprint density at radius 1 is 1.50 bits per heavy atom. The minimum Gasteiger partial charge on any atom is -0.383 e. The minimum absolute atomic E-state index is 0.0829. The van der Waals surface area contributed by atoms with Crippen molar-refractivity contribution >= 4 is 26.0 Å². The van der Waals surface area contributed by atoms with E-state index in [1.165, 1.54) is 10.5 Å². The van der Waals surface area contributed by atoms with E-state index in [0.717, 1.165) is 0 Å². The number of nitrogens with zero attached hydrogens (tertiary/aromatic N) is 3. The van der Waals surface area contributed by atoms with Crippen LogP contribution in [-0.2, 0) is 21.8 Å². The molecule has 0 aliphatic heterocycles. The Kier molecular flexibility index (Phi) is 5.77. The predicted molar refractivity (Wildman–Crippen MR) is 72.4 cm³/mol. The smallest absolute Gasteiger partial charge is 0.262 e. The van der Waals surface area contributed by atoms with Gasteiger partial charge in [0.1, 0.15) is 5.82 Å². The van der Waals surface area contributed by atoms with Crippen molar-refractivity contribution in [3.63, 3.8) is 0 Å². The monoisotopic (exact) mass is 339 g/mol. The Morgan fingerprint density at radius 3 is 2.61 bits per heavy atom. The molecule has 0 bridgehead atoms. The summed E-state index contributed by atoms with van der Waals surface area (Å²) in [6.45, 7) is 2.84. The molecule has 0 N–H and O–H groups in total. The molecule has 18 heavy (non-hydrogen) atoms. The molecule has 0 saturated heterocycles. The van der Waals surface area contributed by atoms with Crippen molar-refractivity contribution in [1.29, 1.82) is 0 Å². The van der Waals surface area contributed by atoms with Gasteiger partial charge in [0.15, 0.2) is 5.03 Å². The highest BCUT2D eigenvalue weighted by Crippen LogP contribution is 2.14. The number of alkyl halides is 1. The van der Waals surface area contributed by atoms with Gasteiger partial charge >= 0.3 is 0 Å². The van der Waals surface area contributed by atoms with Crippen LogP contribution in [-0.4, -0.2) is 54.4 Å². The van der Waals surface area contributed by atoms with Crippen molar-refractivity contribution in [2.45, 2.75) is 11.9 Å². The van der Waals surface area contributed by atoms with Gasteiger partial charge < -0.3 is 9.30 Å². The molecule has 104 valence electrons. The van der Waals surface area contributed by atoms with Gasteiger partial charge in [0.05, 0.1) is 6.61 Å². The molecule has 0 amide bonds. The highest BCUT2D eigenvalue weighted by Gasteiger charge is 2.26. The third kappa shape index (κ3) is 3.53. The van der Waals surface area contributed by atoms with E-state index in [9.17, 15) is 8.42 Å². The van der Waals surface area contributed by atoms with E-state index in [1.54, 1.807) is 25.6 Å². The molecule has 0 fully saturated rings. The average Bonchev–Trinajstić information content (AvgIpc) is 2.65. The Morgan fingerprint density at radius 2 is 2.17 bits per heavy atom. The second-order valence-electron chi connectivity index (χ2n) is 3.82. The molecule has 0 aliphatic rings. The number of hydrogen-bond donors (Lipinski definition) is 0. The number of ether oxygens (including phenoxy) is 1. The molecule has 0 radical (unpaired) electrons. The molecule has 0 aliphatic carbocycles. The topological polar surface area (TPSA) is 64.4 Å². The van der Waals surface area contributed by atoms with Gasteiger partial charge in [-0.05, 0) is 6.92 Å². The number of sulfonamides is 1. The van der Waals surface area contributed by atoms with Crippen LogP contribution >= 0.6 is 15.9 Å². The zero-order valence-corrected chi connectivity index (χ0v) is 13.2. The fourth-order valence-electron chi connectivity index (χ4n) is 1.42. The van der Waals surface area contributed by atoms with Gasteiger partial charge in [-0.25, -0.2) is 13.4 Å². The zero-order chi connectivity index (χ0) is 13.8. The normalized spacial score (nSPS) is 12.3. The molecule has 8 heteroatoms. The molecule has 0 spiro atoms. The molecule has 0 aromatic carbocycles. The van der Waals surface area contributed by atoms with Gasteiger partial charge in [0, 0.05) is 38.8 Å². The second-order valence-corrected chi connectivity index (χ2v) is 6.50. The first-order valence-electron chi connectivity index (χ1n) is 5.48. The number of rotatable bonds is 7. The van der Waals surface area contributed by atoms with Gasteiger partial charge in [0.25, 0.3) is 10.0 Å². The highest BCUT2D eigenvalue weighted by molar-refractivity contribution is 9.09. The molecule has 1 aromatic heterocycles. The summed E-state index contributed by atoms with van der Waals surface area (Å²) in [6.07, 6.45) is 1.53. The lowest BCUT2D eigenvalue weighted by molar-refractivity contribution is 0.180. The Bertz CT molecular complexity index is 467. The van der Waals surface area contributed by atoms with E-state index in [0.29, 0.717) is 30.9 Å². The third-order valence-corrected chi connectivity index (χ3v) is 4.69. The third-order valence-electron chi connectivity index (χ3n) is 2.57. The van der Waals surface area contributed by atoms with E-state index in [-0.39, 0.29) is 5.03 Å². The largest absolute Gasteiger partial charge is 0.383 e. The summed E-state index contributed by atoms with van der Waals surface area (Å²) in [5.41, 5.74) is 0. The van der Waals surface area contributed by atoms with Gasteiger partial charge in [-0.1, -0.05) is 15.9 Å². The van der Waals surface area contributed by atoms with Crippen LogP contribution in [0.3, 0.4) is 0 Å². The van der Waals surface area contributed by atoms with Crippen LogP contribution in [0.25, 0.3) is 0 Å². The summed E-state index contributed by atoms with van der Waals surface area (Å²) >= 11 is 3.25. The molecule has 6 nitrogen and oxygen atoms in total. The molecular formula is C10H18BrN3O3S. The maximum absolute atomic E-state index is 12.4. The van der Waals surface area contributed by atoms with Crippen molar-refractivity contribution in [2.24, 2.45) is 7.05 Å². The van der Waals surface area contributed by atoms with Crippen LogP contribution in [0.1, 0.15) is 5.82 Å². The minimum atomic E-state index is -3.55. The number of imidazole rings is 1. The van der Waals surface area contributed by atoms with Crippen molar-refractivity contribution in [2.75, 3.05) is 32.1 Å². The number of aryl methyl sites for hydroxylation is 2. The fourth-order valence-corrected chi connectivity index (χ4v) is 3.54. The van der Waals surface area contributed by atoms with Crippen LogP contribution in [0.4, 0.5) is 0 Å². The Hall–Kier alpha value is -0.440. The van der Waals surface area contributed by atoms with E-state index >= 15 is 0 Å². The van der Waals surface area contributed by atoms with Crippen molar-refractivity contribution in [3.05, 3.63) is 12.0 Å². The van der Waals surface area contributed by atoms with Crippen LogP contribution < -0.4 is 0 Å². The molecular weight excluding hydrogens is 322 g/mol. The standard InChI is InChI=1S/C10H18BrN3O3S/c1-9-12-10(8-13(9)2)18(15,16)14(5-4-11)6-7-17-3/h8H,4-7H2,1-3H3. The predicted octanol–water partition coefficient (Wildman–Crippen LogP) is 0.761. The lowest BCUT2D eigenvalue weighted by atomic mass is 10.6. The molecule has 1 heterocycles. The maximum atomic E-state index is 12.4. The van der Waals surface area contributed by atoms with Crippen LogP contribution in [0.2, 0.25) is 0 Å². The zero-order valence-electron chi connectivity index (χ0n) is 10.8. The maximum Gasteiger partial charge on any atom is 0.262 e. The van der Waals surface area contributed by atoms with Gasteiger partial charge in [-0.15, -0.1) is 0 Å². The van der Waals surface area contributed by atoms with Crippen molar-refractivity contribution in [3.8, 4) is 0 Å². The second kappa shape index (κ2) is 6.65. The molecule has 0 atom stereocenters. The summed E-state index contributed by atoms with van der Waals surface area (Å²) in [5, 5.41) is 0.654. The van der Waals surface area contributed by atoms with Gasteiger partial charge in [-0.3, -0.25) is 0 Å². The first kappa shape index (κ1) is 15.6. The van der Waals surface area contributed by atoms with Crippen molar-refractivity contribution < 1.29 is 13.2 Å². The number of methoxy groups -OCH3 is 1. The Labute approximate surface area is 116 Å². The number of aromatic nitrogens is 2. The van der Waals surface area contributed by atoms with Crippen molar-refractivity contribution in [1.82, 2.24) is 13.9 Å². The molecule has 0 saturated carbocycles. The summed E-state index contributed by atoms with van der Waals surface area (Å²) in [7, 11) is -0.231. The SMILES string of the molecule is COCCN(CCBr)S(=O)(=O)c1cn(C)c(C)n1. The molecule has 1 rings (SSSR count). The first-order chi connectivity index (χ1) is 8.43.